The smallest absolute Gasteiger partial charge is 0.123 e. The molecule has 0 saturated carbocycles. The molecule has 2 N–H and O–H groups in total. The van der Waals surface area contributed by atoms with Gasteiger partial charge in [-0.15, -0.1) is 0 Å². The first-order valence-electron chi connectivity index (χ1n) is 4.82. The third-order valence-corrected chi connectivity index (χ3v) is 3.60. The Balaban J connectivity index is 2.59. The van der Waals surface area contributed by atoms with Gasteiger partial charge in [-0.05, 0) is 48.6 Å². The van der Waals surface area contributed by atoms with Gasteiger partial charge in [0.15, 0.2) is 0 Å². The van der Waals surface area contributed by atoms with E-state index < -0.39 is 0 Å². The number of hydrogen-bond acceptors (Lipinski definition) is 2. The molecule has 0 bridgehead atoms. The van der Waals surface area contributed by atoms with Gasteiger partial charge in [0.25, 0.3) is 0 Å². The van der Waals surface area contributed by atoms with E-state index in [9.17, 15) is 4.39 Å². The lowest BCUT2D eigenvalue weighted by Crippen LogP contribution is -2.23. The highest BCUT2D eigenvalue weighted by molar-refractivity contribution is 9.10. The lowest BCUT2D eigenvalue weighted by atomic mass is 10.0. The Bertz CT molecular complexity index is 319. The minimum atomic E-state index is -0.203. The summed E-state index contributed by atoms with van der Waals surface area (Å²) < 4.78 is 13.9. The van der Waals surface area contributed by atoms with Gasteiger partial charge < -0.3 is 5.73 Å². The molecule has 1 unspecified atom stereocenters. The monoisotopic (exact) mass is 291 g/mol. The van der Waals surface area contributed by atoms with Crippen molar-refractivity contribution < 1.29 is 4.39 Å². The van der Waals surface area contributed by atoms with E-state index in [1.54, 1.807) is 23.9 Å². The molecule has 1 aromatic rings. The molecule has 0 aliphatic carbocycles. The number of rotatable bonds is 5. The standard InChI is InChI=1S/C11H15BrFNS/c1-15-5-4-10(14)7-8-6-9(13)2-3-11(8)12/h2-3,6,10H,4-5,7,14H2,1H3. The van der Waals surface area contributed by atoms with E-state index in [4.69, 9.17) is 5.73 Å². The number of nitrogens with two attached hydrogens (primary N) is 1. The zero-order valence-corrected chi connectivity index (χ0v) is 11.1. The molecule has 0 spiro atoms. The van der Waals surface area contributed by atoms with Crippen LogP contribution in [-0.2, 0) is 6.42 Å². The summed E-state index contributed by atoms with van der Waals surface area (Å²) in [6.45, 7) is 0. The van der Waals surface area contributed by atoms with Crippen molar-refractivity contribution in [2.45, 2.75) is 18.9 Å². The lowest BCUT2D eigenvalue weighted by Gasteiger charge is -2.12. The molecule has 84 valence electrons. The van der Waals surface area contributed by atoms with Gasteiger partial charge in [-0.3, -0.25) is 0 Å². The van der Waals surface area contributed by atoms with Crippen molar-refractivity contribution in [1.82, 2.24) is 0 Å². The van der Waals surface area contributed by atoms with Crippen molar-refractivity contribution in [3.8, 4) is 0 Å². The van der Waals surface area contributed by atoms with Crippen LogP contribution < -0.4 is 5.73 Å². The van der Waals surface area contributed by atoms with Gasteiger partial charge in [0.2, 0.25) is 0 Å². The molecule has 0 amide bonds. The second kappa shape index (κ2) is 6.51. The maximum atomic E-state index is 13.0. The molecule has 0 fully saturated rings. The minimum absolute atomic E-state index is 0.107. The van der Waals surface area contributed by atoms with Gasteiger partial charge in [0, 0.05) is 10.5 Å². The van der Waals surface area contributed by atoms with E-state index in [2.05, 4.69) is 22.2 Å². The maximum absolute atomic E-state index is 13.0. The minimum Gasteiger partial charge on any atom is -0.327 e. The van der Waals surface area contributed by atoms with Crippen LogP contribution in [0.4, 0.5) is 4.39 Å². The predicted octanol–water partition coefficient (Wildman–Crippen LogP) is 3.21. The van der Waals surface area contributed by atoms with Gasteiger partial charge in [-0.1, -0.05) is 15.9 Å². The van der Waals surface area contributed by atoms with Crippen molar-refractivity contribution >= 4 is 27.7 Å². The fourth-order valence-corrected chi connectivity index (χ4v) is 2.30. The Morgan fingerprint density at radius 3 is 2.93 bits per heavy atom. The summed E-state index contributed by atoms with van der Waals surface area (Å²) in [4.78, 5) is 0. The molecule has 1 aromatic carbocycles. The largest absolute Gasteiger partial charge is 0.327 e. The van der Waals surface area contributed by atoms with Crippen molar-refractivity contribution in [3.63, 3.8) is 0 Å². The molecule has 0 radical (unpaired) electrons. The molecular formula is C11H15BrFNS. The molecule has 0 heterocycles. The van der Waals surface area contributed by atoms with Gasteiger partial charge in [-0.2, -0.15) is 11.8 Å². The van der Waals surface area contributed by atoms with Crippen LogP contribution in [-0.4, -0.2) is 18.1 Å². The number of hydrogen-bond donors (Lipinski definition) is 1. The second-order valence-corrected chi connectivity index (χ2v) is 5.32. The summed E-state index contributed by atoms with van der Waals surface area (Å²) in [5, 5.41) is 0. The van der Waals surface area contributed by atoms with Crippen molar-refractivity contribution in [2.24, 2.45) is 5.73 Å². The Labute approximate surface area is 103 Å². The zero-order valence-electron chi connectivity index (χ0n) is 8.67. The Morgan fingerprint density at radius 2 is 2.27 bits per heavy atom. The molecule has 15 heavy (non-hydrogen) atoms. The molecule has 0 aliphatic heterocycles. The SMILES string of the molecule is CSCCC(N)Cc1cc(F)ccc1Br. The van der Waals surface area contributed by atoms with Crippen LogP contribution in [0, 0.1) is 5.82 Å². The summed E-state index contributed by atoms with van der Waals surface area (Å²) in [6, 6.07) is 4.83. The predicted molar refractivity (Wildman–Crippen MR) is 68.8 cm³/mol. The third kappa shape index (κ3) is 4.53. The quantitative estimate of drug-likeness (QED) is 0.902. The van der Waals surface area contributed by atoms with E-state index >= 15 is 0 Å². The highest BCUT2D eigenvalue weighted by Gasteiger charge is 2.07. The van der Waals surface area contributed by atoms with Crippen LogP contribution >= 0.6 is 27.7 Å². The molecule has 4 heteroatoms. The van der Waals surface area contributed by atoms with Crippen LogP contribution in [0.1, 0.15) is 12.0 Å². The summed E-state index contributed by atoms with van der Waals surface area (Å²) in [5.74, 6) is 0.846. The van der Waals surface area contributed by atoms with Crippen LogP contribution in [0.3, 0.4) is 0 Å². The number of halogens is 2. The summed E-state index contributed by atoms with van der Waals surface area (Å²) in [5.41, 5.74) is 6.90. The average Bonchev–Trinajstić information content (AvgIpc) is 2.20. The molecular weight excluding hydrogens is 277 g/mol. The molecule has 1 atom stereocenters. The third-order valence-electron chi connectivity index (χ3n) is 2.18. The van der Waals surface area contributed by atoms with Crippen LogP contribution in [0.15, 0.2) is 22.7 Å². The topological polar surface area (TPSA) is 26.0 Å². The Hall–Kier alpha value is -0.0600. The number of thioether (sulfide) groups is 1. The first kappa shape index (κ1) is 13.0. The van der Waals surface area contributed by atoms with E-state index in [0.29, 0.717) is 0 Å². The first-order chi connectivity index (χ1) is 7.13. The van der Waals surface area contributed by atoms with E-state index in [1.165, 1.54) is 6.07 Å². The van der Waals surface area contributed by atoms with Gasteiger partial charge in [0.05, 0.1) is 0 Å². The fourth-order valence-electron chi connectivity index (χ4n) is 1.35. The van der Waals surface area contributed by atoms with Crippen molar-refractivity contribution in [2.75, 3.05) is 12.0 Å². The van der Waals surface area contributed by atoms with Gasteiger partial charge in [0.1, 0.15) is 5.82 Å². The van der Waals surface area contributed by atoms with Crippen LogP contribution in [0.25, 0.3) is 0 Å². The lowest BCUT2D eigenvalue weighted by molar-refractivity contribution is 0.614. The Kier molecular flexibility index (Phi) is 5.64. The van der Waals surface area contributed by atoms with Gasteiger partial charge >= 0.3 is 0 Å². The van der Waals surface area contributed by atoms with Crippen molar-refractivity contribution in [3.05, 3.63) is 34.1 Å². The van der Waals surface area contributed by atoms with E-state index in [0.717, 1.165) is 28.6 Å². The molecule has 1 rings (SSSR count). The summed E-state index contributed by atoms with van der Waals surface area (Å²) in [6.07, 6.45) is 3.74. The molecule has 0 saturated heterocycles. The fraction of sp³-hybridized carbons (Fsp3) is 0.455. The second-order valence-electron chi connectivity index (χ2n) is 3.48. The van der Waals surface area contributed by atoms with Gasteiger partial charge in [-0.25, -0.2) is 4.39 Å². The van der Waals surface area contributed by atoms with Crippen LogP contribution in [0.2, 0.25) is 0 Å². The maximum Gasteiger partial charge on any atom is 0.123 e. The Morgan fingerprint density at radius 1 is 1.53 bits per heavy atom. The molecule has 0 aliphatic rings. The van der Waals surface area contributed by atoms with Crippen LogP contribution in [0.5, 0.6) is 0 Å². The molecule has 0 aromatic heterocycles. The number of benzene rings is 1. The summed E-state index contributed by atoms with van der Waals surface area (Å²) in [7, 11) is 0. The van der Waals surface area contributed by atoms with E-state index in [1.807, 2.05) is 0 Å². The average molecular weight is 292 g/mol. The van der Waals surface area contributed by atoms with E-state index in [-0.39, 0.29) is 11.9 Å². The first-order valence-corrected chi connectivity index (χ1v) is 7.00. The normalized spacial score (nSPS) is 12.8. The zero-order chi connectivity index (χ0) is 11.3. The summed E-state index contributed by atoms with van der Waals surface area (Å²) >= 11 is 5.18. The van der Waals surface area contributed by atoms with Crippen molar-refractivity contribution in [1.29, 1.82) is 0 Å². The highest BCUT2D eigenvalue weighted by atomic mass is 79.9. The highest BCUT2D eigenvalue weighted by Crippen LogP contribution is 2.19. The molecule has 1 nitrogen and oxygen atoms in total.